The summed E-state index contributed by atoms with van der Waals surface area (Å²) in [6, 6.07) is 8.28. The van der Waals surface area contributed by atoms with Crippen LogP contribution in [0, 0.1) is 0 Å². The van der Waals surface area contributed by atoms with Gasteiger partial charge in [0.05, 0.1) is 22.3 Å². The van der Waals surface area contributed by atoms with Gasteiger partial charge in [0.15, 0.2) is 0 Å². The topological polar surface area (TPSA) is 24.9 Å². The highest BCUT2D eigenvalue weighted by Crippen LogP contribution is 2.30. The van der Waals surface area contributed by atoms with Crippen molar-refractivity contribution >= 4 is 11.6 Å². The van der Waals surface area contributed by atoms with Crippen molar-refractivity contribution in [2.24, 2.45) is 0 Å². The van der Waals surface area contributed by atoms with Crippen LogP contribution in [-0.2, 0) is 6.18 Å². The highest BCUT2D eigenvalue weighted by atomic mass is 35.5. The molecule has 2 nitrogen and oxygen atoms in total. The van der Waals surface area contributed by atoms with Gasteiger partial charge in [-0.2, -0.15) is 13.2 Å². The lowest BCUT2D eigenvalue weighted by molar-refractivity contribution is -0.137. The quantitative estimate of drug-likeness (QED) is 0.901. The van der Waals surface area contributed by atoms with E-state index in [9.17, 15) is 13.2 Å². The molecular weight excluding hydrogens is 301 g/mol. The number of alkyl halides is 3. The van der Waals surface area contributed by atoms with Crippen LogP contribution < -0.4 is 5.32 Å². The third-order valence-electron chi connectivity index (χ3n) is 3.03. The van der Waals surface area contributed by atoms with Gasteiger partial charge >= 0.3 is 6.18 Å². The number of nitrogens with zero attached hydrogens (tertiary/aromatic N) is 1. The minimum Gasteiger partial charge on any atom is -0.305 e. The highest BCUT2D eigenvalue weighted by Gasteiger charge is 2.30. The van der Waals surface area contributed by atoms with Crippen LogP contribution in [0.2, 0.25) is 5.02 Å². The van der Waals surface area contributed by atoms with E-state index in [-0.39, 0.29) is 6.04 Å². The van der Waals surface area contributed by atoms with Crippen LogP contribution >= 0.6 is 11.6 Å². The maximum absolute atomic E-state index is 12.6. The summed E-state index contributed by atoms with van der Waals surface area (Å²) in [6.45, 7) is 2.59. The Labute approximate surface area is 126 Å². The molecule has 0 saturated heterocycles. The number of nitrogens with one attached hydrogen (secondary N) is 1. The molecule has 1 heterocycles. The van der Waals surface area contributed by atoms with E-state index in [1.807, 2.05) is 6.92 Å². The van der Waals surface area contributed by atoms with Gasteiger partial charge in [-0.3, -0.25) is 4.98 Å². The van der Waals surface area contributed by atoms with Gasteiger partial charge < -0.3 is 5.32 Å². The number of rotatable bonds is 4. The van der Waals surface area contributed by atoms with Crippen LogP contribution in [0.25, 0.3) is 0 Å². The Kier molecular flexibility index (Phi) is 4.85. The summed E-state index contributed by atoms with van der Waals surface area (Å²) < 4.78 is 37.8. The fraction of sp³-hybridized carbons (Fsp3) is 0.267. The van der Waals surface area contributed by atoms with Crippen molar-refractivity contribution in [2.45, 2.75) is 19.1 Å². The molecule has 1 aromatic heterocycles. The van der Waals surface area contributed by atoms with Crippen LogP contribution in [0.3, 0.4) is 0 Å². The van der Waals surface area contributed by atoms with Crippen molar-refractivity contribution < 1.29 is 13.2 Å². The molecule has 0 radical (unpaired) electrons. The SMILES string of the molecule is CCNC(c1ccc(C(F)(F)F)cc1)c1ccc(Cl)cn1. The second-order valence-corrected chi connectivity index (χ2v) is 4.95. The normalized spacial score (nSPS) is 13.2. The van der Waals surface area contributed by atoms with Crippen LogP contribution in [0.5, 0.6) is 0 Å². The summed E-state index contributed by atoms with van der Waals surface area (Å²) >= 11 is 5.80. The Morgan fingerprint density at radius 2 is 1.81 bits per heavy atom. The second kappa shape index (κ2) is 6.45. The van der Waals surface area contributed by atoms with Gasteiger partial charge in [0.1, 0.15) is 0 Å². The standard InChI is InChI=1S/C15H14ClF3N2/c1-2-20-14(13-8-7-12(16)9-21-13)10-3-5-11(6-4-10)15(17,18)19/h3-9,14,20H,2H2,1H3. The van der Waals surface area contributed by atoms with Crippen molar-refractivity contribution in [1.29, 1.82) is 0 Å². The van der Waals surface area contributed by atoms with Crippen molar-refractivity contribution in [1.82, 2.24) is 10.3 Å². The van der Waals surface area contributed by atoms with E-state index in [0.29, 0.717) is 17.3 Å². The molecule has 1 N–H and O–H groups in total. The number of hydrogen-bond donors (Lipinski definition) is 1. The molecule has 112 valence electrons. The van der Waals surface area contributed by atoms with Crippen molar-refractivity contribution in [3.63, 3.8) is 0 Å². The molecule has 0 bridgehead atoms. The minimum atomic E-state index is -4.33. The Morgan fingerprint density at radius 1 is 1.14 bits per heavy atom. The van der Waals surface area contributed by atoms with Gasteiger partial charge in [-0.05, 0) is 36.4 Å². The fourth-order valence-corrected chi connectivity index (χ4v) is 2.13. The summed E-state index contributed by atoms with van der Waals surface area (Å²) in [5.41, 5.74) is 0.770. The van der Waals surface area contributed by atoms with Crippen LogP contribution in [0.1, 0.15) is 29.8 Å². The number of benzene rings is 1. The third kappa shape index (κ3) is 3.95. The van der Waals surface area contributed by atoms with E-state index in [1.54, 1.807) is 12.1 Å². The molecular formula is C15H14ClF3N2. The van der Waals surface area contributed by atoms with Crippen LogP contribution in [-0.4, -0.2) is 11.5 Å². The molecule has 0 aliphatic heterocycles. The lowest BCUT2D eigenvalue weighted by Gasteiger charge is -2.18. The zero-order valence-corrected chi connectivity index (χ0v) is 12.0. The van der Waals surface area contributed by atoms with Crippen LogP contribution in [0.15, 0.2) is 42.6 Å². The van der Waals surface area contributed by atoms with Gasteiger partial charge in [0, 0.05) is 6.20 Å². The molecule has 0 aliphatic rings. The first-order valence-corrected chi connectivity index (χ1v) is 6.81. The molecule has 1 unspecified atom stereocenters. The molecule has 6 heteroatoms. The van der Waals surface area contributed by atoms with Crippen molar-refractivity contribution in [2.75, 3.05) is 6.54 Å². The van der Waals surface area contributed by atoms with E-state index in [0.717, 1.165) is 17.7 Å². The number of hydrogen-bond acceptors (Lipinski definition) is 2. The molecule has 0 aliphatic carbocycles. The summed E-state index contributed by atoms with van der Waals surface area (Å²) in [4.78, 5) is 4.23. The number of aromatic nitrogens is 1. The Bertz CT molecular complexity index is 579. The Balaban J connectivity index is 2.32. The average molecular weight is 315 g/mol. The number of pyridine rings is 1. The number of halogens is 4. The smallest absolute Gasteiger partial charge is 0.305 e. The molecule has 0 fully saturated rings. The largest absolute Gasteiger partial charge is 0.416 e. The Hall–Kier alpha value is -1.59. The summed E-state index contributed by atoms with van der Waals surface area (Å²) in [5.74, 6) is 0. The summed E-state index contributed by atoms with van der Waals surface area (Å²) in [6.07, 6.45) is -2.81. The van der Waals surface area contributed by atoms with E-state index in [2.05, 4.69) is 10.3 Å². The maximum atomic E-state index is 12.6. The Morgan fingerprint density at radius 3 is 2.29 bits per heavy atom. The maximum Gasteiger partial charge on any atom is 0.416 e. The van der Waals surface area contributed by atoms with Gasteiger partial charge in [0.25, 0.3) is 0 Å². The zero-order chi connectivity index (χ0) is 15.5. The average Bonchev–Trinajstić information content (AvgIpc) is 2.45. The van der Waals surface area contributed by atoms with Gasteiger partial charge in [-0.1, -0.05) is 30.7 Å². The summed E-state index contributed by atoms with van der Waals surface area (Å²) in [5, 5.41) is 3.72. The van der Waals surface area contributed by atoms with E-state index in [1.165, 1.54) is 18.3 Å². The van der Waals surface area contributed by atoms with Gasteiger partial charge in [-0.25, -0.2) is 0 Å². The lowest BCUT2D eigenvalue weighted by atomic mass is 10.0. The molecule has 2 aromatic rings. The van der Waals surface area contributed by atoms with E-state index in [4.69, 9.17) is 11.6 Å². The molecule has 1 aromatic carbocycles. The van der Waals surface area contributed by atoms with Gasteiger partial charge in [-0.15, -0.1) is 0 Å². The molecule has 21 heavy (non-hydrogen) atoms. The summed E-state index contributed by atoms with van der Waals surface area (Å²) in [7, 11) is 0. The lowest BCUT2D eigenvalue weighted by Crippen LogP contribution is -2.23. The first kappa shape index (κ1) is 15.8. The van der Waals surface area contributed by atoms with E-state index >= 15 is 0 Å². The predicted octanol–water partition coefficient (Wildman–Crippen LogP) is 4.45. The molecule has 0 amide bonds. The van der Waals surface area contributed by atoms with Crippen LogP contribution in [0.4, 0.5) is 13.2 Å². The molecule has 1 atom stereocenters. The molecule has 0 spiro atoms. The molecule has 2 rings (SSSR count). The van der Waals surface area contributed by atoms with E-state index < -0.39 is 11.7 Å². The van der Waals surface area contributed by atoms with Gasteiger partial charge in [0.2, 0.25) is 0 Å². The first-order chi connectivity index (χ1) is 9.91. The van der Waals surface area contributed by atoms with Crippen molar-refractivity contribution in [3.05, 3.63) is 64.4 Å². The fourth-order valence-electron chi connectivity index (χ4n) is 2.02. The highest BCUT2D eigenvalue weighted by molar-refractivity contribution is 6.30. The third-order valence-corrected chi connectivity index (χ3v) is 3.25. The zero-order valence-electron chi connectivity index (χ0n) is 11.3. The van der Waals surface area contributed by atoms with Crippen molar-refractivity contribution in [3.8, 4) is 0 Å². The monoisotopic (exact) mass is 314 g/mol. The molecule has 0 saturated carbocycles. The predicted molar refractivity (Wildman–Crippen MR) is 76.2 cm³/mol. The first-order valence-electron chi connectivity index (χ1n) is 6.44. The minimum absolute atomic E-state index is 0.269. The second-order valence-electron chi connectivity index (χ2n) is 4.51.